The molecule has 1 aliphatic rings. The number of methoxy groups -OCH3 is 1. The first-order valence-electron chi connectivity index (χ1n) is 7.84. The third-order valence-corrected chi connectivity index (χ3v) is 5.01. The Hall–Kier alpha value is -1.81. The van der Waals surface area contributed by atoms with Crippen LogP contribution in [0.25, 0.3) is 0 Å². The van der Waals surface area contributed by atoms with Gasteiger partial charge < -0.3 is 10.1 Å². The zero-order valence-electron chi connectivity index (χ0n) is 13.1. The number of hydrogen-bond donors (Lipinski definition) is 1. The summed E-state index contributed by atoms with van der Waals surface area (Å²) in [6.07, 6.45) is 2.72. The van der Waals surface area contributed by atoms with Crippen molar-refractivity contribution in [3.05, 3.63) is 63.6 Å². The van der Waals surface area contributed by atoms with Crippen LogP contribution >= 0.6 is 15.9 Å². The molecule has 120 valence electrons. The molecule has 0 aliphatic heterocycles. The highest BCUT2D eigenvalue weighted by Gasteiger charge is 2.23. The van der Waals surface area contributed by atoms with Gasteiger partial charge >= 0.3 is 0 Å². The SMILES string of the molecule is COc1ccc(CNC(=O)CC2CCc3ccccc32)cc1Br. The van der Waals surface area contributed by atoms with Crippen molar-refractivity contribution < 1.29 is 9.53 Å². The number of aryl methyl sites for hydroxylation is 1. The average Bonchev–Trinajstić information content (AvgIpc) is 2.96. The van der Waals surface area contributed by atoms with E-state index in [4.69, 9.17) is 4.74 Å². The van der Waals surface area contributed by atoms with Crippen LogP contribution in [0.1, 0.15) is 35.4 Å². The number of ether oxygens (including phenoxy) is 1. The molecule has 3 nitrogen and oxygen atoms in total. The molecule has 1 amide bonds. The fourth-order valence-corrected chi connectivity index (χ4v) is 3.76. The quantitative estimate of drug-likeness (QED) is 0.852. The molecule has 0 aromatic heterocycles. The molecule has 1 N–H and O–H groups in total. The van der Waals surface area contributed by atoms with Crippen molar-refractivity contribution in [1.29, 1.82) is 0 Å². The highest BCUT2D eigenvalue weighted by molar-refractivity contribution is 9.10. The van der Waals surface area contributed by atoms with Gasteiger partial charge in [-0.2, -0.15) is 0 Å². The van der Waals surface area contributed by atoms with Gasteiger partial charge in [0.1, 0.15) is 5.75 Å². The first-order valence-corrected chi connectivity index (χ1v) is 8.63. The lowest BCUT2D eigenvalue weighted by atomic mass is 9.97. The van der Waals surface area contributed by atoms with Gasteiger partial charge in [0, 0.05) is 13.0 Å². The third kappa shape index (κ3) is 3.75. The zero-order valence-corrected chi connectivity index (χ0v) is 14.7. The number of carbonyl (C=O) groups is 1. The molecule has 0 bridgehead atoms. The molecule has 0 fully saturated rings. The minimum Gasteiger partial charge on any atom is -0.496 e. The summed E-state index contributed by atoms with van der Waals surface area (Å²) in [5, 5.41) is 3.02. The van der Waals surface area contributed by atoms with Gasteiger partial charge in [0.25, 0.3) is 0 Å². The summed E-state index contributed by atoms with van der Waals surface area (Å²) >= 11 is 3.47. The zero-order chi connectivity index (χ0) is 16.2. The van der Waals surface area contributed by atoms with E-state index >= 15 is 0 Å². The molecule has 0 saturated heterocycles. The number of nitrogens with one attached hydrogen (secondary N) is 1. The lowest BCUT2D eigenvalue weighted by molar-refractivity contribution is -0.121. The highest BCUT2D eigenvalue weighted by atomic mass is 79.9. The van der Waals surface area contributed by atoms with E-state index in [-0.39, 0.29) is 5.91 Å². The van der Waals surface area contributed by atoms with Gasteiger partial charge in [0.2, 0.25) is 5.91 Å². The van der Waals surface area contributed by atoms with E-state index in [0.717, 1.165) is 28.6 Å². The minimum atomic E-state index is 0.110. The molecule has 23 heavy (non-hydrogen) atoms. The van der Waals surface area contributed by atoms with E-state index < -0.39 is 0 Å². The average molecular weight is 374 g/mol. The second kappa shape index (κ2) is 7.18. The Morgan fingerprint density at radius 2 is 2.13 bits per heavy atom. The number of halogens is 1. The summed E-state index contributed by atoms with van der Waals surface area (Å²) in [6, 6.07) is 14.3. The summed E-state index contributed by atoms with van der Waals surface area (Å²) in [7, 11) is 1.64. The molecule has 2 aromatic rings. The molecule has 0 radical (unpaired) electrons. The first kappa shape index (κ1) is 16.1. The monoisotopic (exact) mass is 373 g/mol. The highest BCUT2D eigenvalue weighted by Crippen LogP contribution is 2.35. The maximum atomic E-state index is 12.2. The predicted octanol–water partition coefficient (Wildman–Crippen LogP) is 4.19. The molecule has 1 unspecified atom stereocenters. The molecular weight excluding hydrogens is 354 g/mol. The van der Waals surface area contributed by atoms with Crippen LogP contribution in [0.5, 0.6) is 5.75 Å². The van der Waals surface area contributed by atoms with Gasteiger partial charge in [-0.05, 0) is 63.5 Å². The van der Waals surface area contributed by atoms with E-state index in [1.165, 1.54) is 11.1 Å². The standard InChI is InChI=1S/C19H20BrNO2/c1-23-18-9-6-13(10-17(18)20)12-21-19(22)11-15-8-7-14-4-2-3-5-16(14)15/h2-6,9-10,15H,7-8,11-12H2,1H3,(H,21,22). The van der Waals surface area contributed by atoms with Crippen molar-refractivity contribution in [1.82, 2.24) is 5.32 Å². The number of benzene rings is 2. The van der Waals surface area contributed by atoms with Gasteiger partial charge in [-0.15, -0.1) is 0 Å². The van der Waals surface area contributed by atoms with Gasteiger partial charge in [-0.25, -0.2) is 0 Å². The van der Waals surface area contributed by atoms with Crippen LogP contribution in [-0.2, 0) is 17.8 Å². The molecule has 0 spiro atoms. The lowest BCUT2D eigenvalue weighted by Gasteiger charge is -2.12. The molecule has 1 atom stereocenters. The largest absolute Gasteiger partial charge is 0.496 e. The van der Waals surface area contributed by atoms with Crippen LogP contribution in [-0.4, -0.2) is 13.0 Å². The maximum absolute atomic E-state index is 12.2. The molecule has 0 saturated carbocycles. The van der Waals surface area contributed by atoms with E-state index in [1.807, 2.05) is 18.2 Å². The molecule has 0 heterocycles. The summed E-state index contributed by atoms with van der Waals surface area (Å²) < 4.78 is 6.11. The second-order valence-corrected chi connectivity index (χ2v) is 6.74. The second-order valence-electron chi connectivity index (χ2n) is 5.88. The molecular formula is C19H20BrNO2. The van der Waals surface area contributed by atoms with E-state index in [9.17, 15) is 4.79 Å². The Morgan fingerprint density at radius 3 is 2.91 bits per heavy atom. The normalized spacial score (nSPS) is 16.0. The Balaban J connectivity index is 1.55. The number of hydrogen-bond acceptors (Lipinski definition) is 2. The maximum Gasteiger partial charge on any atom is 0.220 e. The van der Waals surface area contributed by atoms with Gasteiger partial charge in [0.15, 0.2) is 0 Å². The van der Waals surface area contributed by atoms with Crippen LogP contribution in [0.3, 0.4) is 0 Å². The van der Waals surface area contributed by atoms with Crippen LogP contribution < -0.4 is 10.1 Å². The Morgan fingerprint density at radius 1 is 1.30 bits per heavy atom. The molecule has 3 rings (SSSR count). The Bertz CT molecular complexity index is 714. The van der Waals surface area contributed by atoms with Gasteiger partial charge in [-0.3, -0.25) is 4.79 Å². The summed E-state index contributed by atoms with van der Waals surface area (Å²) in [4.78, 5) is 12.2. The van der Waals surface area contributed by atoms with Crippen LogP contribution in [0, 0.1) is 0 Å². The lowest BCUT2D eigenvalue weighted by Crippen LogP contribution is -2.24. The van der Waals surface area contributed by atoms with E-state index in [0.29, 0.717) is 18.9 Å². The number of amides is 1. The number of rotatable bonds is 5. The first-order chi connectivity index (χ1) is 11.2. The van der Waals surface area contributed by atoms with Crippen LogP contribution in [0.2, 0.25) is 0 Å². The Labute approximate surface area is 145 Å². The van der Waals surface area contributed by atoms with E-state index in [2.05, 4.69) is 45.5 Å². The number of carbonyl (C=O) groups excluding carboxylic acids is 1. The molecule has 4 heteroatoms. The summed E-state index contributed by atoms with van der Waals surface area (Å²) in [5.41, 5.74) is 3.79. The van der Waals surface area contributed by atoms with Crippen molar-refractivity contribution in [2.75, 3.05) is 7.11 Å². The fraction of sp³-hybridized carbons (Fsp3) is 0.316. The van der Waals surface area contributed by atoms with Crippen LogP contribution in [0.4, 0.5) is 0 Å². The topological polar surface area (TPSA) is 38.3 Å². The van der Waals surface area contributed by atoms with Crippen molar-refractivity contribution >= 4 is 21.8 Å². The summed E-state index contributed by atoms with van der Waals surface area (Å²) in [6.45, 7) is 0.537. The minimum absolute atomic E-state index is 0.110. The van der Waals surface area contributed by atoms with Crippen molar-refractivity contribution in [2.45, 2.75) is 31.7 Å². The fourth-order valence-electron chi connectivity index (χ4n) is 3.17. The van der Waals surface area contributed by atoms with E-state index in [1.54, 1.807) is 7.11 Å². The smallest absolute Gasteiger partial charge is 0.220 e. The van der Waals surface area contributed by atoms with Crippen LogP contribution in [0.15, 0.2) is 46.9 Å². The number of fused-ring (bicyclic) bond motifs is 1. The predicted molar refractivity (Wildman–Crippen MR) is 94.7 cm³/mol. The van der Waals surface area contributed by atoms with Crippen molar-refractivity contribution in [2.24, 2.45) is 0 Å². The summed E-state index contributed by atoms with van der Waals surface area (Å²) in [5.74, 6) is 1.26. The molecule has 1 aliphatic carbocycles. The van der Waals surface area contributed by atoms with Gasteiger partial charge in [-0.1, -0.05) is 30.3 Å². The van der Waals surface area contributed by atoms with Gasteiger partial charge in [0.05, 0.1) is 11.6 Å². The van der Waals surface area contributed by atoms with Crippen molar-refractivity contribution in [3.63, 3.8) is 0 Å². The van der Waals surface area contributed by atoms with Crippen molar-refractivity contribution in [3.8, 4) is 5.75 Å². The third-order valence-electron chi connectivity index (χ3n) is 4.39. The Kier molecular flexibility index (Phi) is 5.01. The molecule has 2 aromatic carbocycles.